The number of nitrogens with zero attached hydrogens (tertiary/aromatic N) is 2. The minimum Gasteiger partial charge on any atom is -0.374 e. The van der Waals surface area contributed by atoms with Crippen LogP contribution in [0, 0.1) is 46.3 Å². The highest BCUT2D eigenvalue weighted by molar-refractivity contribution is 7.15. The van der Waals surface area contributed by atoms with Gasteiger partial charge in [0, 0.05) is 18.5 Å². The first-order valence-corrected chi connectivity index (χ1v) is 14.6. The highest BCUT2D eigenvalue weighted by Crippen LogP contribution is 2.72. The predicted molar refractivity (Wildman–Crippen MR) is 139 cm³/mol. The van der Waals surface area contributed by atoms with E-state index in [2.05, 4.69) is 50.1 Å². The first-order valence-electron chi connectivity index (χ1n) is 13.7. The van der Waals surface area contributed by atoms with Crippen molar-refractivity contribution in [1.82, 2.24) is 15.5 Å². The molecule has 4 aliphatic rings. The maximum absolute atomic E-state index is 12.7. The number of amides is 1. The Labute approximate surface area is 209 Å². The molecule has 5 rings (SSSR count). The molecule has 5 nitrogen and oxygen atoms in total. The number of nitrogens with two attached hydrogens (primary N) is 1. The molecule has 6 heteroatoms. The Hall–Kier alpha value is -1.43. The molecule has 1 aromatic heterocycles. The minimum absolute atomic E-state index is 0.0528. The van der Waals surface area contributed by atoms with Crippen LogP contribution in [0.5, 0.6) is 0 Å². The zero-order valence-corrected chi connectivity index (χ0v) is 22.6. The Morgan fingerprint density at radius 3 is 2.62 bits per heavy atom. The largest absolute Gasteiger partial charge is 0.374 e. The second kappa shape index (κ2) is 8.90. The SMILES string of the molecule is CC(C)CCC[C@@H](C)[C@H]1CC[C@H]2[C@@H]3[C@@H](c4nnc(N)s4)C4=CC(=O)NCC[C@]4(C)[C@H]3CC[C@]12C. The molecule has 3 aliphatic carbocycles. The molecule has 34 heavy (non-hydrogen) atoms. The van der Waals surface area contributed by atoms with Crippen molar-refractivity contribution in [3.8, 4) is 0 Å². The molecule has 0 spiro atoms. The number of hydrogen-bond donors (Lipinski definition) is 2. The summed E-state index contributed by atoms with van der Waals surface area (Å²) < 4.78 is 0. The van der Waals surface area contributed by atoms with Gasteiger partial charge in [0.15, 0.2) is 0 Å². The standard InChI is InChI=1S/C28H44N4OS/c1-16(2)7-6-8-17(3)18-9-10-19-23-20(11-12-27(18,19)4)28(5)13-14-30-22(33)15-21(28)24(23)25-31-32-26(29)34-25/h15-20,23-24H,6-14H2,1-5H3,(H2,29,32)(H,30,33)/t17-,18-,19+,20+,23+,24+,27-,28-/m1/s1. The molecule has 1 amide bonds. The first kappa shape index (κ1) is 24.3. The van der Waals surface area contributed by atoms with Gasteiger partial charge in [0.25, 0.3) is 0 Å². The van der Waals surface area contributed by atoms with E-state index in [1.54, 1.807) is 11.3 Å². The van der Waals surface area contributed by atoms with E-state index in [1.807, 2.05) is 6.08 Å². The van der Waals surface area contributed by atoms with Crippen LogP contribution in [0.3, 0.4) is 0 Å². The van der Waals surface area contributed by atoms with Crippen molar-refractivity contribution in [2.24, 2.45) is 46.3 Å². The van der Waals surface area contributed by atoms with Crippen molar-refractivity contribution in [2.75, 3.05) is 12.3 Å². The number of carbonyl (C=O) groups excluding carboxylic acids is 1. The molecular weight excluding hydrogens is 440 g/mol. The zero-order valence-electron chi connectivity index (χ0n) is 21.8. The predicted octanol–water partition coefficient (Wildman–Crippen LogP) is 6.19. The van der Waals surface area contributed by atoms with Crippen molar-refractivity contribution >= 4 is 22.4 Å². The Morgan fingerprint density at radius 1 is 1.12 bits per heavy atom. The number of fused-ring (bicyclic) bond motifs is 5. The van der Waals surface area contributed by atoms with Gasteiger partial charge >= 0.3 is 0 Å². The summed E-state index contributed by atoms with van der Waals surface area (Å²) in [5, 5.41) is 13.5. The Bertz CT molecular complexity index is 956. The van der Waals surface area contributed by atoms with Crippen molar-refractivity contribution in [2.45, 2.75) is 91.9 Å². The van der Waals surface area contributed by atoms with Crippen LogP contribution in [0.4, 0.5) is 5.13 Å². The molecule has 3 N–H and O–H groups in total. The van der Waals surface area contributed by atoms with Crippen molar-refractivity contribution < 1.29 is 4.79 Å². The highest BCUT2D eigenvalue weighted by atomic mass is 32.1. The molecule has 3 saturated carbocycles. The quantitative estimate of drug-likeness (QED) is 0.504. The maximum Gasteiger partial charge on any atom is 0.243 e. The van der Waals surface area contributed by atoms with E-state index in [0.29, 0.717) is 28.3 Å². The molecule has 0 bridgehead atoms. The van der Waals surface area contributed by atoms with Gasteiger partial charge in [-0.3, -0.25) is 4.79 Å². The molecular formula is C28H44N4OS. The summed E-state index contributed by atoms with van der Waals surface area (Å²) in [6, 6.07) is 0. The molecule has 1 aliphatic heterocycles. The van der Waals surface area contributed by atoms with E-state index in [9.17, 15) is 4.79 Å². The fourth-order valence-electron chi connectivity index (χ4n) is 9.10. The van der Waals surface area contributed by atoms with Crippen LogP contribution in [0.2, 0.25) is 0 Å². The number of carbonyl (C=O) groups is 1. The fraction of sp³-hybridized carbons (Fsp3) is 0.821. The molecule has 0 aromatic carbocycles. The molecule has 0 saturated heterocycles. The third-order valence-electron chi connectivity index (χ3n) is 10.7. The third kappa shape index (κ3) is 3.83. The average Bonchev–Trinajstić information content (AvgIpc) is 3.38. The fourth-order valence-corrected chi connectivity index (χ4v) is 9.88. The zero-order chi connectivity index (χ0) is 24.3. The van der Waals surface area contributed by atoms with Gasteiger partial charge in [-0.05, 0) is 84.0 Å². The Kier molecular flexibility index (Phi) is 6.35. The van der Waals surface area contributed by atoms with E-state index in [1.165, 1.54) is 50.5 Å². The summed E-state index contributed by atoms with van der Waals surface area (Å²) in [6.07, 6.45) is 12.3. The summed E-state index contributed by atoms with van der Waals surface area (Å²) in [6.45, 7) is 13.0. The summed E-state index contributed by atoms with van der Waals surface area (Å²) in [7, 11) is 0. The van der Waals surface area contributed by atoms with Gasteiger partial charge in [-0.15, -0.1) is 10.2 Å². The molecule has 2 heterocycles. The summed E-state index contributed by atoms with van der Waals surface area (Å²) >= 11 is 1.54. The lowest BCUT2D eigenvalue weighted by molar-refractivity contribution is -0.116. The number of allylic oxidation sites excluding steroid dienone is 1. The van der Waals surface area contributed by atoms with Crippen LogP contribution in [-0.2, 0) is 4.79 Å². The number of rotatable bonds is 6. The number of nitrogens with one attached hydrogen (secondary N) is 1. The molecule has 8 atom stereocenters. The first-order chi connectivity index (χ1) is 16.1. The summed E-state index contributed by atoms with van der Waals surface area (Å²) in [5.41, 5.74) is 7.83. The van der Waals surface area contributed by atoms with Crippen LogP contribution in [0.15, 0.2) is 11.6 Å². The van der Waals surface area contributed by atoms with Gasteiger partial charge in [-0.1, -0.05) is 65.2 Å². The van der Waals surface area contributed by atoms with Crippen molar-refractivity contribution in [1.29, 1.82) is 0 Å². The van der Waals surface area contributed by atoms with Gasteiger partial charge < -0.3 is 11.1 Å². The van der Waals surface area contributed by atoms with Gasteiger partial charge in [-0.2, -0.15) is 0 Å². The van der Waals surface area contributed by atoms with Gasteiger partial charge in [-0.25, -0.2) is 0 Å². The summed E-state index contributed by atoms with van der Waals surface area (Å²) in [5.74, 6) is 4.47. The normalized spacial score (nSPS) is 40.2. The van der Waals surface area contributed by atoms with Crippen LogP contribution < -0.4 is 11.1 Å². The van der Waals surface area contributed by atoms with Gasteiger partial charge in [0.2, 0.25) is 11.0 Å². The van der Waals surface area contributed by atoms with E-state index in [4.69, 9.17) is 5.73 Å². The minimum atomic E-state index is 0.0528. The molecule has 3 fully saturated rings. The Balaban J connectivity index is 1.50. The second-order valence-corrected chi connectivity index (χ2v) is 13.9. The molecule has 1 aromatic rings. The molecule has 188 valence electrons. The number of anilines is 1. The Morgan fingerprint density at radius 2 is 1.91 bits per heavy atom. The van der Waals surface area contributed by atoms with E-state index < -0.39 is 0 Å². The van der Waals surface area contributed by atoms with Crippen LogP contribution in [-0.4, -0.2) is 22.6 Å². The van der Waals surface area contributed by atoms with Crippen LogP contribution in [0.1, 0.15) is 96.9 Å². The molecule has 0 radical (unpaired) electrons. The number of aromatic nitrogens is 2. The van der Waals surface area contributed by atoms with E-state index in [-0.39, 0.29) is 17.2 Å². The molecule has 0 unspecified atom stereocenters. The lowest BCUT2D eigenvalue weighted by atomic mass is 9.54. The lowest BCUT2D eigenvalue weighted by Crippen LogP contribution is -2.45. The van der Waals surface area contributed by atoms with Gasteiger partial charge in [0.1, 0.15) is 5.01 Å². The van der Waals surface area contributed by atoms with E-state index >= 15 is 0 Å². The van der Waals surface area contributed by atoms with Crippen LogP contribution in [0.25, 0.3) is 0 Å². The smallest absolute Gasteiger partial charge is 0.243 e. The van der Waals surface area contributed by atoms with Crippen molar-refractivity contribution in [3.63, 3.8) is 0 Å². The lowest BCUT2D eigenvalue weighted by Gasteiger charge is -2.51. The average molecular weight is 485 g/mol. The van der Waals surface area contributed by atoms with Crippen molar-refractivity contribution in [3.05, 3.63) is 16.7 Å². The van der Waals surface area contributed by atoms with Gasteiger partial charge in [0.05, 0.1) is 0 Å². The maximum atomic E-state index is 12.7. The second-order valence-electron chi connectivity index (χ2n) is 12.8. The topological polar surface area (TPSA) is 80.9 Å². The highest BCUT2D eigenvalue weighted by Gasteiger charge is 2.65. The number of nitrogen functional groups attached to an aromatic ring is 1. The third-order valence-corrected chi connectivity index (χ3v) is 11.5. The summed E-state index contributed by atoms with van der Waals surface area (Å²) in [4.78, 5) is 12.7. The monoisotopic (exact) mass is 484 g/mol. The number of hydrogen-bond acceptors (Lipinski definition) is 5. The van der Waals surface area contributed by atoms with E-state index in [0.717, 1.165) is 35.7 Å². The van der Waals surface area contributed by atoms with Crippen LogP contribution >= 0.6 is 11.3 Å².